The van der Waals surface area contributed by atoms with E-state index in [9.17, 15) is 0 Å². The minimum absolute atomic E-state index is 0.00499. The Kier molecular flexibility index (Phi) is 6.03. The van der Waals surface area contributed by atoms with E-state index in [1.807, 2.05) is 12.1 Å². The van der Waals surface area contributed by atoms with E-state index in [4.69, 9.17) is 23.2 Å². The van der Waals surface area contributed by atoms with E-state index in [1.165, 1.54) is 32.1 Å². The molecule has 0 N–H and O–H groups in total. The minimum atomic E-state index is -0.00499. The topological polar surface area (TPSA) is 0 Å². The monoisotopic (exact) mass is 265 g/mol. The molecule has 0 aliphatic rings. The fourth-order valence-electron chi connectivity index (χ4n) is 1.80. The molecule has 0 amide bonds. The molecular formula is C12H19Cl2S+. The Bertz CT molecular complexity index is 274. The fourth-order valence-corrected chi connectivity index (χ4v) is 5.29. The molecule has 1 aromatic heterocycles. The smallest absolute Gasteiger partial charge is 0.0654 e. The highest BCUT2D eigenvalue weighted by atomic mass is 35.5. The molecule has 15 heavy (non-hydrogen) atoms. The second kappa shape index (κ2) is 6.78. The van der Waals surface area contributed by atoms with Crippen LogP contribution in [0.2, 0.25) is 8.67 Å². The molecule has 86 valence electrons. The van der Waals surface area contributed by atoms with Crippen LogP contribution in [-0.2, 0) is 0 Å². The van der Waals surface area contributed by atoms with Crippen LogP contribution in [0.25, 0.3) is 0 Å². The van der Waals surface area contributed by atoms with Crippen LogP contribution in [0.1, 0.15) is 51.2 Å². The van der Waals surface area contributed by atoms with Gasteiger partial charge < -0.3 is 0 Å². The maximum absolute atomic E-state index is 6.20. The molecule has 1 heterocycles. The van der Waals surface area contributed by atoms with Gasteiger partial charge in [0, 0.05) is 22.6 Å². The molecule has 0 saturated carbocycles. The van der Waals surface area contributed by atoms with Crippen LogP contribution in [-0.4, -0.2) is 0 Å². The fraction of sp³-hybridized carbons (Fsp3) is 0.667. The van der Waals surface area contributed by atoms with Crippen LogP contribution in [0.4, 0.5) is 0 Å². The average molecular weight is 266 g/mol. The molecule has 3 heteroatoms. The van der Waals surface area contributed by atoms with E-state index >= 15 is 0 Å². The van der Waals surface area contributed by atoms with Gasteiger partial charge in [-0.3, -0.25) is 0 Å². The zero-order chi connectivity index (χ0) is 11.3. The van der Waals surface area contributed by atoms with Gasteiger partial charge in [-0.25, -0.2) is 0 Å². The van der Waals surface area contributed by atoms with Gasteiger partial charge in [-0.1, -0.05) is 26.7 Å². The molecular weight excluding hydrogens is 247 g/mol. The van der Waals surface area contributed by atoms with Crippen molar-refractivity contribution >= 4 is 33.7 Å². The summed E-state index contributed by atoms with van der Waals surface area (Å²) in [6.45, 7) is 4.47. The van der Waals surface area contributed by atoms with Crippen LogP contribution < -0.4 is 0 Å². The molecule has 1 atom stereocenters. The highest BCUT2D eigenvalue weighted by Crippen LogP contribution is 2.49. The van der Waals surface area contributed by atoms with Crippen molar-refractivity contribution < 1.29 is 0 Å². The van der Waals surface area contributed by atoms with Gasteiger partial charge in [0.2, 0.25) is 8.67 Å². The molecule has 0 spiro atoms. The van der Waals surface area contributed by atoms with E-state index < -0.39 is 0 Å². The predicted octanol–water partition coefficient (Wildman–Crippen LogP) is 6.27. The molecule has 0 radical (unpaired) electrons. The molecule has 0 nitrogen and oxygen atoms in total. The summed E-state index contributed by atoms with van der Waals surface area (Å²) >= 11 is 12.4. The highest BCUT2D eigenvalue weighted by Gasteiger charge is 2.26. The van der Waals surface area contributed by atoms with Gasteiger partial charge >= 0.3 is 0 Å². The van der Waals surface area contributed by atoms with E-state index in [1.54, 1.807) is 0 Å². The van der Waals surface area contributed by atoms with Gasteiger partial charge in [-0.05, 0) is 42.5 Å². The lowest BCUT2D eigenvalue weighted by Crippen LogP contribution is -1.90. The molecule has 1 aromatic rings. The number of halogens is 2. The van der Waals surface area contributed by atoms with Gasteiger partial charge in [0.25, 0.3) is 0 Å². The summed E-state index contributed by atoms with van der Waals surface area (Å²) in [6.07, 6.45) is 6.31. The average Bonchev–Trinajstić information content (AvgIpc) is 2.55. The maximum atomic E-state index is 6.20. The summed E-state index contributed by atoms with van der Waals surface area (Å²) in [4.78, 5) is 0. The van der Waals surface area contributed by atoms with Crippen molar-refractivity contribution in [3.8, 4) is 0 Å². The zero-order valence-corrected chi connectivity index (χ0v) is 11.8. The SMILES string of the molecule is CCCCCC(CC)[s+]1c(Cl)ccc1Cl. The molecule has 0 aliphatic heterocycles. The van der Waals surface area contributed by atoms with Crippen molar-refractivity contribution in [2.75, 3.05) is 0 Å². The standard InChI is InChI=1S/C12H19Cl2S/c1-3-5-6-7-10(4-2)15-11(13)8-9-12(15)14/h8-10H,3-7H2,1-2H3/q+1. The van der Waals surface area contributed by atoms with Gasteiger partial charge in [0.15, 0.2) is 0 Å². The molecule has 0 saturated heterocycles. The van der Waals surface area contributed by atoms with Gasteiger partial charge in [-0.2, -0.15) is 0 Å². The molecule has 0 fully saturated rings. The normalized spacial score (nSPS) is 13.1. The zero-order valence-electron chi connectivity index (χ0n) is 9.43. The van der Waals surface area contributed by atoms with Crippen molar-refractivity contribution in [3.63, 3.8) is 0 Å². The summed E-state index contributed by atoms with van der Waals surface area (Å²) in [5.41, 5.74) is 0. The third kappa shape index (κ3) is 3.65. The van der Waals surface area contributed by atoms with Crippen molar-refractivity contribution in [2.24, 2.45) is 0 Å². The lowest BCUT2D eigenvalue weighted by Gasteiger charge is -2.07. The lowest BCUT2D eigenvalue weighted by molar-refractivity contribution is 0.606. The summed E-state index contributed by atoms with van der Waals surface area (Å²) < 4.78 is 1.90. The summed E-state index contributed by atoms with van der Waals surface area (Å²) in [6, 6.07) is 3.91. The maximum Gasteiger partial charge on any atom is 0.242 e. The number of thiophene rings is 1. The van der Waals surface area contributed by atoms with Crippen LogP contribution >= 0.6 is 33.7 Å². The first-order chi connectivity index (χ1) is 7.20. The minimum Gasteiger partial charge on any atom is -0.0654 e. The first kappa shape index (κ1) is 13.3. The van der Waals surface area contributed by atoms with Crippen molar-refractivity contribution in [1.82, 2.24) is 0 Å². The Morgan fingerprint density at radius 2 is 1.73 bits per heavy atom. The van der Waals surface area contributed by atoms with Gasteiger partial charge in [0.05, 0.1) is 0 Å². The Balaban J connectivity index is 2.65. The van der Waals surface area contributed by atoms with Crippen LogP contribution in [0.5, 0.6) is 0 Å². The third-order valence-electron chi connectivity index (χ3n) is 2.68. The van der Waals surface area contributed by atoms with Crippen LogP contribution in [0.3, 0.4) is 0 Å². The first-order valence-electron chi connectivity index (χ1n) is 5.66. The van der Waals surface area contributed by atoms with Crippen molar-refractivity contribution in [1.29, 1.82) is 0 Å². The molecule has 0 aliphatic carbocycles. The molecule has 1 unspecified atom stereocenters. The van der Waals surface area contributed by atoms with Crippen molar-refractivity contribution in [3.05, 3.63) is 20.8 Å². The number of unbranched alkanes of at least 4 members (excludes halogenated alkanes) is 2. The van der Waals surface area contributed by atoms with Crippen LogP contribution in [0.15, 0.2) is 12.1 Å². The quantitative estimate of drug-likeness (QED) is 0.420. The predicted molar refractivity (Wildman–Crippen MR) is 72.4 cm³/mol. The molecule has 1 rings (SSSR count). The molecule has 0 aromatic carbocycles. The largest absolute Gasteiger partial charge is 0.242 e. The second-order valence-electron chi connectivity index (χ2n) is 3.81. The molecule has 0 bridgehead atoms. The van der Waals surface area contributed by atoms with Gasteiger partial charge in [0.1, 0.15) is 5.25 Å². The number of rotatable bonds is 6. The van der Waals surface area contributed by atoms with Crippen molar-refractivity contribution in [2.45, 2.75) is 51.2 Å². The number of hydrogen-bond donors (Lipinski definition) is 0. The lowest BCUT2D eigenvalue weighted by atomic mass is 10.1. The van der Waals surface area contributed by atoms with Gasteiger partial charge in [-0.15, -0.1) is 0 Å². The Hall–Kier alpha value is 0.280. The first-order valence-corrected chi connectivity index (χ1v) is 7.71. The highest BCUT2D eigenvalue weighted by molar-refractivity contribution is 7.38. The Labute approximate surface area is 106 Å². The third-order valence-corrected chi connectivity index (χ3v) is 6.28. The van der Waals surface area contributed by atoms with E-state index in [0.29, 0.717) is 5.25 Å². The summed E-state index contributed by atoms with van der Waals surface area (Å²) in [5, 5.41) is 0.645. The van der Waals surface area contributed by atoms with E-state index in [-0.39, 0.29) is 10.5 Å². The van der Waals surface area contributed by atoms with Crippen LogP contribution in [0, 0.1) is 0 Å². The second-order valence-corrected chi connectivity index (χ2v) is 7.29. The summed E-state index contributed by atoms with van der Waals surface area (Å²) in [5.74, 6) is 0. The van der Waals surface area contributed by atoms with E-state index in [0.717, 1.165) is 8.67 Å². The Morgan fingerprint density at radius 1 is 1.13 bits per heavy atom. The Morgan fingerprint density at radius 3 is 2.20 bits per heavy atom. The summed E-state index contributed by atoms with van der Waals surface area (Å²) in [7, 11) is -0.00499. The van der Waals surface area contributed by atoms with E-state index in [2.05, 4.69) is 13.8 Å². The number of hydrogen-bond acceptors (Lipinski definition) is 0.